The Morgan fingerprint density at radius 2 is 2.17 bits per heavy atom. The summed E-state index contributed by atoms with van der Waals surface area (Å²) in [6, 6.07) is 6.99. The van der Waals surface area contributed by atoms with E-state index in [-0.39, 0.29) is 11.1 Å². The van der Waals surface area contributed by atoms with Crippen LogP contribution in [0.4, 0.5) is 10.7 Å². The molecule has 1 heterocycles. The molecule has 0 saturated carbocycles. The first-order chi connectivity index (χ1) is 8.54. The van der Waals surface area contributed by atoms with Crippen molar-refractivity contribution in [2.24, 2.45) is 7.05 Å². The number of aryl methyl sites for hydroxylation is 1. The molecule has 0 saturated heterocycles. The molecule has 2 aromatic rings. The largest absolute Gasteiger partial charge is 0.344 e. The number of nitrogens with zero attached hydrogens (tertiary/aromatic N) is 2. The molecule has 0 atom stereocenters. The maximum Gasteiger partial charge on any atom is 0.280 e. The summed E-state index contributed by atoms with van der Waals surface area (Å²) in [6.07, 6.45) is 0. The van der Waals surface area contributed by atoms with Gasteiger partial charge in [0.2, 0.25) is 0 Å². The van der Waals surface area contributed by atoms with Crippen LogP contribution in [0.25, 0.3) is 0 Å². The van der Waals surface area contributed by atoms with Crippen LogP contribution in [0, 0.1) is 11.3 Å². The molecule has 0 radical (unpaired) electrons. The van der Waals surface area contributed by atoms with Gasteiger partial charge in [0.1, 0.15) is 11.1 Å². The number of halogens is 2. The van der Waals surface area contributed by atoms with Gasteiger partial charge in [-0.1, -0.05) is 29.3 Å². The minimum Gasteiger partial charge on any atom is -0.344 e. The molecule has 0 spiro atoms. The van der Waals surface area contributed by atoms with Gasteiger partial charge in [0.05, 0.1) is 15.7 Å². The highest BCUT2D eigenvalue weighted by Gasteiger charge is 2.14. The molecule has 0 unspecified atom stereocenters. The third-order valence-corrected chi connectivity index (χ3v) is 4.01. The maximum atomic E-state index is 11.6. The molecule has 2 rings (SSSR count). The molecule has 1 aromatic carbocycles. The number of rotatable bonds is 2. The molecular weight excluding hydrogens is 293 g/mol. The third kappa shape index (κ3) is 2.23. The van der Waals surface area contributed by atoms with Crippen LogP contribution < -0.4 is 10.9 Å². The Balaban J connectivity index is 2.47. The fourth-order valence-electron chi connectivity index (χ4n) is 1.39. The van der Waals surface area contributed by atoms with E-state index in [2.05, 4.69) is 5.32 Å². The standard InChI is InChI=1S/C11H7Cl2N3OS/c1-16-11(17)6(5-14)10(18-16)15-8-4-2-3-7(12)9(8)13/h2-4,15H,1H3. The summed E-state index contributed by atoms with van der Waals surface area (Å²) in [6.45, 7) is 0. The van der Waals surface area contributed by atoms with Crippen LogP contribution in [0.2, 0.25) is 10.0 Å². The van der Waals surface area contributed by atoms with Crippen molar-refractivity contribution >= 4 is 45.4 Å². The lowest BCUT2D eigenvalue weighted by atomic mass is 10.3. The summed E-state index contributed by atoms with van der Waals surface area (Å²) in [5.41, 5.74) is 0.296. The topological polar surface area (TPSA) is 57.8 Å². The molecular formula is C11H7Cl2N3OS. The monoisotopic (exact) mass is 299 g/mol. The predicted octanol–water partition coefficient (Wildman–Crippen LogP) is 3.37. The molecule has 0 aliphatic heterocycles. The van der Waals surface area contributed by atoms with E-state index in [1.807, 2.05) is 6.07 Å². The molecule has 0 aliphatic rings. The van der Waals surface area contributed by atoms with Crippen LogP contribution >= 0.6 is 34.7 Å². The lowest BCUT2D eigenvalue weighted by Crippen LogP contribution is -2.11. The summed E-state index contributed by atoms with van der Waals surface area (Å²) < 4.78 is 1.37. The fraction of sp³-hybridized carbons (Fsp3) is 0.0909. The Labute approximate surface area is 117 Å². The molecule has 1 N–H and O–H groups in total. The fourth-order valence-corrected chi connectivity index (χ4v) is 2.56. The van der Waals surface area contributed by atoms with Crippen molar-refractivity contribution in [1.82, 2.24) is 3.96 Å². The molecule has 0 amide bonds. The van der Waals surface area contributed by atoms with E-state index < -0.39 is 0 Å². The van der Waals surface area contributed by atoms with Crippen molar-refractivity contribution in [2.45, 2.75) is 0 Å². The Morgan fingerprint density at radius 1 is 1.44 bits per heavy atom. The van der Waals surface area contributed by atoms with Crippen LogP contribution in [-0.2, 0) is 7.05 Å². The summed E-state index contributed by atoms with van der Waals surface area (Å²) in [5.74, 6) is 0. The van der Waals surface area contributed by atoms with E-state index in [1.54, 1.807) is 25.2 Å². The van der Waals surface area contributed by atoms with E-state index in [9.17, 15) is 4.79 Å². The zero-order chi connectivity index (χ0) is 13.3. The molecule has 0 bridgehead atoms. The Bertz CT molecular complexity index is 699. The van der Waals surface area contributed by atoms with Gasteiger partial charge in [-0.25, -0.2) is 0 Å². The van der Waals surface area contributed by atoms with Crippen molar-refractivity contribution in [2.75, 3.05) is 5.32 Å². The first kappa shape index (κ1) is 13.0. The molecule has 0 fully saturated rings. The number of nitriles is 1. The number of hydrogen-bond acceptors (Lipinski definition) is 4. The smallest absolute Gasteiger partial charge is 0.280 e. The number of aromatic nitrogens is 1. The third-order valence-electron chi connectivity index (χ3n) is 2.27. The van der Waals surface area contributed by atoms with E-state index in [4.69, 9.17) is 28.5 Å². The van der Waals surface area contributed by atoms with E-state index in [1.165, 1.54) is 3.96 Å². The quantitative estimate of drug-likeness (QED) is 0.925. The Kier molecular flexibility index (Phi) is 3.62. The summed E-state index contributed by atoms with van der Waals surface area (Å²) in [4.78, 5) is 11.6. The molecule has 1 aromatic heterocycles. The highest BCUT2D eigenvalue weighted by Crippen LogP contribution is 2.33. The van der Waals surface area contributed by atoms with Crippen molar-refractivity contribution in [1.29, 1.82) is 5.26 Å². The average Bonchev–Trinajstić information content (AvgIpc) is 2.60. The maximum absolute atomic E-state index is 11.6. The molecule has 7 heteroatoms. The zero-order valence-electron chi connectivity index (χ0n) is 9.20. The van der Waals surface area contributed by atoms with Gasteiger partial charge in [-0.2, -0.15) is 5.26 Å². The van der Waals surface area contributed by atoms with Gasteiger partial charge < -0.3 is 5.32 Å². The van der Waals surface area contributed by atoms with Crippen LogP contribution in [0.3, 0.4) is 0 Å². The van der Waals surface area contributed by atoms with E-state index in [0.717, 1.165) is 11.5 Å². The minimum atomic E-state index is -0.330. The summed E-state index contributed by atoms with van der Waals surface area (Å²) in [7, 11) is 1.60. The minimum absolute atomic E-state index is 0.0681. The highest BCUT2D eigenvalue weighted by atomic mass is 35.5. The van der Waals surface area contributed by atoms with Crippen LogP contribution in [0.5, 0.6) is 0 Å². The lowest BCUT2D eigenvalue weighted by Gasteiger charge is -2.06. The van der Waals surface area contributed by atoms with Crippen molar-refractivity contribution in [3.8, 4) is 6.07 Å². The van der Waals surface area contributed by atoms with Gasteiger partial charge >= 0.3 is 0 Å². The average molecular weight is 300 g/mol. The van der Waals surface area contributed by atoms with E-state index >= 15 is 0 Å². The van der Waals surface area contributed by atoms with Gasteiger partial charge in [0.15, 0.2) is 5.56 Å². The highest BCUT2D eigenvalue weighted by molar-refractivity contribution is 7.11. The molecule has 0 aliphatic carbocycles. The predicted molar refractivity (Wildman–Crippen MR) is 74.0 cm³/mol. The van der Waals surface area contributed by atoms with Gasteiger partial charge in [-0.15, -0.1) is 0 Å². The van der Waals surface area contributed by atoms with Crippen molar-refractivity contribution < 1.29 is 0 Å². The first-order valence-corrected chi connectivity index (χ1v) is 6.39. The molecule has 92 valence electrons. The van der Waals surface area contributed by atoms with Crippen LogP contribution in [0.15, 0.2) is 23.0 Å². The van der Waals surface area contributed by atoms with Gasteiger partial charge in [-0.3, -0.25) is 8.75 Å². The second kappa shape index (κ2) is 5.02. The van der Waals surface area contributed by atoms with Gasteiger partial charge in [-0.05, 0) is 23.7 Å². The SMILES string of the molecule is Cn1sc(Nc2cccc(Cl)c2Cl)c(C#N)c1=O. The normalized spacial score (nSPS) is 10.1. The number of benzene rings is 1. The first-order valence-electron chi connectivity index (χ1n) is 4.86. The zero-order valence-corrected chi connectivity index (χ0v) is 11.5. The lowest BCUT2D eigenvalue weighted by molar-refractivity contribution is 0.976. The van der Waals surface area contributed by atoms with Crippen LogP contribution in [-0.4, -0.2) is 3.96 Å². The number of anilines is 2. The number of nitrogens with one attached hydrogen (secondary N) is 1. The molecule has 18 heavy (non-hydrogen) atoms. The van der Waals surface area contributed by atoms with Crippen molar-refractivity contribution in [3.63, 3.8) is 0 Å². The van der Waals surface area contributed by atoms with Crippen molar-refractivity contribution in [3.05, 3.63) is 44.2 Å². The summed E-state index contributed by atoms with van der Waals surface area (Å²) >= 11 is 13.1. The second-order valence-corrected chi connectivity index (χ2v) is 5.36. The molecule has 4 nitrogen and oxygen atoms in total. The van der Waals surface area contributed by atoms with Gasteiger partial charge in [0.25, 0.3) is 5.56 Å². The van der Waals surface area contributed by atoms with Gasteiger partial charge in [0, 0.05) is 7.05 Å². The second-order valence-electron chi connectivity index (χ2n) is 3.44. The Hall–Kier alpha value is -1.48. The number of hydrogen-bond donors (Lipinski definition) is 1. The van der Waals surface area contributed by atoms with E-state index in [0.29, 0.717) is 20.7 Å². The van der Waals surface area contributed by atoms with Crippen LogP contribution in [0.1, 0.15) is 5.56 Å². The Morgan fingerprint density at radius 3 is 2.83 bits per heavy atom. The summed E-state index contributed by atoms with van der Waals surface area (Å²) in [5, 5.41) is 13.1.